The number of hydrogen-bond donors (Lipinski definition) is 2. The van der Waals surface area contributed by atoms with E-state index in [2.05, 4.69) is 0 Å². The third kappa shape index (κ3) is 3.53. The number of hydrogen-bond acceptors (Lipinski definition) is 2. The van der Waals surface area contributed by atoms with Gasteiger partial charge in [0.1, 0.15) is 5.82 Å². The zero-order chi connectivity index (χ0) is 12.1. The monoisotopic (exact) mass is 223 g/mol. The molecule has 16 heavy (non-hydrogen) atoms. The van der Waals surface area contributed by atoms with Gasteiger partial charge in [-0.2, -0.15) is 0 Å². The van der Waals surface area contributed by atoms with Crippen molar-refractivity contribution in [2.45, 2.75) is 6.42 Å². The average Bonchev–Trinajstić information content (AvgIpc) is 2.15. The van der Waals surface area contributed by atoms with Gasteiger partial charge >= 0.3 is 5.97 Å². The molecule has 0 aliphatic heterocycles. The minimum absolute atomic E-state index is 0.0712. The molecule has 3 N–H and O–H groups in total. The summed E-state index contributed by atoms with van der Waals surface area (Å²) in [5.74, 6) is -2.46. The first-order valence-electron chi connectivity index (χ1n) is 4.47. The van der Waals surface area contributed by atoms with Crippen molar-refractivity contribution in [1.82, 2.24) is 0 Å². The van der Waals surface area contributed by atoms with Gasteiger partial charge in [-0.1, -0.05) is 12.1 Å². The second-order valence-corrected chi connectivity index (χ2v) is 3.16. The second kappa shape index (κ2) is 5.06. The minimum Gasteiger partial charge on any atom is -0.481 e. The summed E-state index contributed by atoms with van der Waals surface area (Å²) >= 11 is 0. The van der Waals surface area contributed by atoms with Crippen molar-refractivity contribution in [3.63, 3.8) is 0 Å². The van der Waals surface area contributed by atoms with Gasteiger partial charge in [0.2, 0.25) is 5.91 Å². The normalized spacial score (nSPS) is 11.2. The Morgan fingerprint density at radius 3 is 2.62 bits per heavy atom. The van der Waals surface area contributed by atoms with E-state index in [1.165, 1.54) is 24.3 Å². The van der Waals surface area contributed by atoms with Gasteiger partial charge in [0.25, 0.3) is 0 Å². The van der Waals surface area contributed by atoms with E-state index >= 15 is 0 Å². The van der Waals surface area contributed by atoms with Crippen LogP contribution >= 0.6 is 0 Å². The number of carbonyl (C=O) groups excluding carboxylic acids is 1. The van der Waals surface area contributed by atoms with Gasteiger partial charge in [0.15, 0.2) is 0 Å². The summed E-state index contributed by atoms with van der Waals surface area (Å²) in [6.07, 6.45) is 0.783. The highest BCUT2D eigenvalue weighted by Gasteiger charge is 2.09. The SMILES string of the molecule is NC(=O)C(=Cc1cccc(F)c1)CC(=O)O. The molecule has 0 aliphatic carbocycles. The number of aliphatic carboxylic acids is 1. The lowest BCUT2D eigenvalue weighted by molar-refractivity contribution is -0.136. The van der Waals surface area contributed by atoms with Crippen LogP contribution in [-0.4, -0.2) is 17.0 Å². The maximum atomic E-state index is 12.8. The van der Waals surface area contributed by atoms with Gasteiger partial charge in [-0.05, 0) is 23.8 Å². The highest BCUT2D eigenvalue weighted by molar-refractivity contribution is 6.00. The molecule has 0 heterocycles. The van der Waals surface area contributed by atoms with E-state index < -0.39 is 24.1 Å². The molecule has 0 aromatic heterocycles. The average molecular weight is 223 g/mol. The molecule has 1 rings (SSSR count). The van der Waals surface area contributed by atoms with Crippen LogP contribution in [0.2, 0.25) is 0 Å². The Labute approximate surface area is 91.2 Å². The first-order valence-corrected chi connectivity index (χ1v) is 4.47. The van der Waals surface area contributed by atoms with Gasteiger partial charge in [0.05, 0.1) is 6.42 Å². The molecule has 84 valence electrons. The molecule has 0 atom stereocenters. The molecule has 0 saturated heterocycles. The summed E-state index contributed by atoms with van der Waals surface area (Å²) in [5, 5.41) is 8.54. The lowest BCUT2D eigenvalue weighted by atomic mass is 10.1. The number of halogens is 1. The van der Waals surface area contributed by atoms with Crippen LogP contribution in [0.1, 0.15) is 12.0 Å². The van der Waals surface area contributed by atoms with E-state index in [-0.39, 0.29) is 5.57 Å². The zero-order valence-corrected chi connectivity index (χ0v) is 8.31. The highest BCUT2D eigenvalue weighted by atomic mass is 19.1. The van der Waals surface area contributed by atoms with E-state index in [0.717, 1.165) is 0 Å². The third-order valence-electron chi connectivity index (χ3n) is 1.85. The smallest absolute Gasteiger partial charge is 0.308 e. The number of carboxylic acids is 1. The fourth-order valence-electron chi connectivity index (χ4n) is 1.17. The summed E-state index contributed by atoms with van der Waals surface area (Å²) in [7, 11) is 0. The molecule has 1 aromatic carbocycles. The molecule has 0 unspecified atom stereocenters. The number of primary amides is 1. The van der Waals surface area contributed by atoms with Gasteiger partial charge < -0.3 is 10.8 Å². The first-order chi connectivity index (χ1) is 7.49. The molecule has 4 nitrogen and oxygen atoms in total. The molecule has 0 saturated carbocycles. The summed E-state index contributed by atoms with van der Waals surface area (Å²) in [6, 6.07) is 5.44. The van der Waals surface area contributed by atoms with Crippen LogP contribution in [0, 0.1) is 5.82 Å². The summed E-state index contributed by atoms with van der Waals surface area (Å²) < 4.78 is 12.8. The van der Waals surface area contributed by atoms with Gasteiger partial charge in [0, 0.05) is 5.57 Å². The van der Waals surface area contributed by atoms with Crippen LogP contribution in [0.5, 0.6) is 0 Å². The highest BCUT2D eigenvalue weighted by Crippen LogP contribution is 2.11. The Kier molecular flexibility index (Phi) is 3.77. The molecule has 5 heteroatoms. The maximum Gasteiger partial charge on any atom is 0.308 e. The number of carbonyl (C=O) groups is 2. The quantitative estimate of drug-likeness (QED) is 0.752. The van der Waals surface area contributed by atoms with Crippen molar-refractivity contribution in [3.8, 4) is 0 Å². The number of rotatable bonds is 4. The molecule has 0 spiro atoms. The number of amides is 1. The van der Waals surface area contributed by atoms with Crippen LogP contribution < -0.4 is 5.73 Å². The van der Waals surface area contributed by atoms with E-state index in [0.29, 0.717) is 5.56 Å². The van der Waals surface area contributed by atoms with E-state index in [1.807, 2.05) is 0 Å². The van der Waals surface area contributed by atoms with Crippen molar-refractivity contribution in [1.29, 1.82) is 0 Å². The topological polar surface area (TPSA) is 80.4 Å². The summed E-state index contributed by atoms with van der Waals surface area (Å²) in [4.78, 5) is 21.4. The van der Waals surface area contributed by atoms with E-state index in [4.69, 9.17) is 10.8 Å². The lowest BCUT2D eigenvalue weighted by Gasteiger charge is -2.00. The Morgan fingerprint density at radius 1 is 1.44 bits per heavy atom. The predicted molar refractivity (Wildman–Crippen MR) is 55.8 cm³/mol. The maximum absolute atomic E-state index is 12.8. The number of benzene rings is 1. The first kappa shape index (κ1) is 11.9. The molecule has 1 amide bonds. The number of carboxylic acid groups (broad SMARTS) is 1. The fraction of sp³-hybridized carbons (Fsp3) is 0.0909. The lowest BCUT2D eigenvalue weighted by Crippen LogP contribution is -2.16. The van der Waals surface area contributed by atoms with Crippen molar-refractivity contribution < 1.29 is 19.1 Å². The van der Waals surface area contributed by atoms with Crippen LogP contribution in [0.15, 0.2) is 29.8 Å². The van der Waals surface area contributed by atoms with Gasteiger partial charge in [-0.25, -0.2) is 4.39 Å². The van der Waals surface area contributed by atoms with Gasteiger partial charge in [-0.3, -0.25) is 9.59 Å². The van der Waals surface area contributed by atoms with Crippen LogP contribution in [0.4, 0.5) is 4.39 Å². The van der Waals surface area contributed by atoms with Crippen molar-refractivity contribution >= 4 is 18.0 Å². The van der Waals surface area contributed by atoms with Crippen molar-refractivity contribution in [2.75, 3.05) is 0 Å². The zero-order valence-electron chi connectivity index (χ0n) is 8.31. The standard InChI is InChI=1S/C11H10FNO3/c12-9-3-1-2-7(5-9)4-8(11(13)16)6-10(14)15/h1-5H,6H2,(H2,13,16)(H,14,15). The Balaban J connectivity index is 3.02. The molecule has 0 radical (unpaired) electrons. The van der Waals surface area contributed by atoms with Crippen LogP contribution in [0.25, 0.3) is 6.08 Å². The number of nitrogens with two attached hydrogens (primary N) is 1. The Morgan fingerprint density at radius 2 is 2.12 bits per heavy atom. The predicted octanol–water partition coefficient (Wildman–Crippen LogP) is 1.17. The molecule has 0 aliphatic rings. The molecule has 0 bridgehead atoms. The second-order valence-electron chi connectivity index (χ2n) is 3.16. The minimum atomic E-state index is -1.17. The molecule has 1 aromatic rings. The van der Waals surface area contributed by atoms with Crippen LogP contribution in [0.3, 0.4) is 0 Å². The van der Waals surface area contributed by atoms with Crippen LogP contribution in [-0.2, 0) is 9.59 Å². The van der Waals surface area contributed by atoms with E-state index in [9.17, 15) is 14.0 Å². The van der Waals surface area contributed by atoms with Gasteiger partial charge in [-0.15, -0.1) is 0 Å². The Hall–Kier alpha value is -2.17. The van der Waals surface area contributed by atoms with Crippen molar-refractivity contribution in [3.05, 3.63) is 41.2 Å². The Bertz CT molecular complexity index is 454. The van der Waals surface area contributed by atoms with E-state index in [1.54, 1.807) is 6.07 Å². The molecular formula is C11H10FNO3. The summed E-state index contributed by atoms with van der Waals surface area (Å²) in [6.45, 7) is 0. The largest absolute Gasteiger partial charge is 0.481 e. The fourth-order valence-corrected chi connectivity index (χ4v) is 1.17. The molecular weight excluding hydrogens is 213 g/mol. The molecule has 0 fully saturated rings. The summed E-state index contributed by atoms with van der Waals surface area (Å²) in [5.41, 5.74) is 5.33. The third-order valence-corrected chi connectivity index (χ3v) is 1.85. The van der Waals surface area contributed by atoms with Crippen molar-refractivity contribution in [2.24, 2.45) is 5.73 Å².